The summed E-state index contributed by atoms with van der Waals surface area (Å²) in [6, 6.07) is 51.6. The Bertz CT molecular complexity index is 1580. The van der Waals surface area contributed by atoms with E-state index >= 15 is 0 Å². The molecule has 0 unspecified atom stereocenters. The van der Waals surface area contributed by atoms with E-state index in [2.05, 4.69) is 146 Å². The molecule has 0 aliphatic carbocycles. The van der Waals surface area contributed by atoms with Crippen molar-refractivity contribution in [3.05, 3.63) is 146 Å². The molecule has 0 heteroatoms. The summed E-state index contributed by atoms with van der Waals surface area (Å²) in [5, 5.41) is 10.5. The SMILES string of the molecule is CC.CC.c1ccc(-c2c3ccccc3cc3ccccc23)cc1.c1ccc2cc3ccccc3cc2c1. The number of benzene rings is 7. The van der Waals surface area contributed by atoms with Crippen molar-refractivity contribution in [2.45, 2.75) is 27.7 Å². The van der Waals surface area contributed by atoms with Gasteiger partial charge in [-0.1, -0.05) is 155 Å². The topological polar surface area (TPSA) is 0 Å². The van der Waals surface area contributed by atoms with Gasteiger partial charge in [-0.15, -0.1) is 0 Å². The maximum Gasteiger partial charge on any atom is -0.00268 e. The number of fused-ring (bicyclic) bond motifs is 4. The van der Waals surface area contributed by atoms with Crippen LogP contribution in [0.3, 0.4) is 0 Å². The molecular formula is C38H36. The van der Waals surface area contributed by atoms with Gasteiger partial charge in [0, 0.05) is 0 Å². The van der Waals surface area contributed by atoms with Crippen LogP contribution in [0, 0.1) is 0 Å². The Hall–Kier alpha value is -4.42. The van der Waals surface area contributed by atoms with E-state index in [1.807, 2.05) is 27.7 Å². The minimum atomic E-state index is 1.28. The fraction of sp³-hybridized carbons (Fsp3) is 0.105. The Morgan fingerprint density at radius 2 is 0.579 bits per heavy atom. The van der Waals surface area contributed by atoms with Gasteiger partial charge in [0.15, 0.2) is 0 Å². The van der Waals surface area contributed by atoms with Gasteiger partial charge in [-0.25, -0.2) is 0 Å². The average molecular weight is 493 g/mol. The molecule has 0 aliphatic heterocycles. The monoisotopic (exact) mass is 492 g/mol. The highest BCUT2D eigenvalue weighted by Gasteiger charge is 2.08. The van der Waals surface area contributed by atoms with Crippen LogP contribution in [0.5, 0.6) is 0 Å². The molecule has 0 amide bonds. The Labute approximate surface area is 227 Å². The van der Waals surface area contributed by atoms with E-state index in [0.717, 1.165) is 0 Å². The molecule has 0 saturated carbocycles. The second-order valence-corrected chi connectivity index (χ2v) is 8.61. The lowest BCUT2D eigenvalue weighted by Crippen LogP contribution is -1.84. The van der Waals surface area contributed by atoms with Crippen LogP contribution >= 0.6 is 0 Å². The van der Waals surface area contributed by atoms with E-state index in [1.54, 1.807) is 0 Å². The van der Waals surface area contributed by atoms with Crippen LogP contribution in [-0.4, -0.2) is 0 Å². The zero-order chi connectivity index (χ0) is 26.7. The first kappa shape index (κ1) is 26.6. The number of hydrogen-bond donors (Lipinski definition) is 0. The minimum absolute atomic E-state index is 1.28. The molecular weight excluding hydrogens is 456 g/mol. The summed E-state index contributed by atoms with van der Waals surface area (Å²) in [4.78, 5) is 0. The lowest BCUT2D eigenvalue weighted by molar-refractivity contribution is 1.50. The summed E-state index contributed by atoms with van der Waals surface area (Å²) in [6.07, 6.45) is 0. The molecule has 38 heavy (non-hydrogen) atoms. The Balaban J connectivity index is 0.000000164. The third kappa shape index (κ3) is 5.76. The molecule has 0 nitrogen and oxygen atoms in total. The standard InChI is InChI=1S/C20H14.C14H10.2C2H6/c1-2-8-15(9-3-1)20-18-12-6-4-10-16(18)14-17-11-5-7-13-19(17)20;1-2-6-12-10-14-8-4-3-7-13(14)9-11(12)5-1;2*1-2/h1-14H;1-10H;2*1-2H3. The first-order valence-electron chi connectivity index (χ1n) is 13.7. The fourth-order valence-electron chi connectivity index (χ4n) is 4.81. The van der Waals surface area contributed by atoms with Gasteiger partial charge in [0.25, 0.3) is 0 Å². The Kier molecular flexibility index (Phi) is 9.27. The van der Waals surface area contributed by atoms with Crippen molar-refractivity contribution >= 4 is 43.1 Å². The van der Waals surface area contributed by atoms with Crippen LogP contribution in [-0.2, 0) is 0 Å². The van der Waals surface area contributed by atoms with Crippen LogP contribution in [0.25, 0.3) is 54.2 Å². The summed E-state index contributed by atoms with van der Waals surface area (Å²) < 4.78 is 0. The highest BCUT2D eigenvalue weighted by atomic mass is 14.1. The third-order valence-electron chi connectivity index (χ3n) is 6.45. The van der Waals surface area contributed by atoms with Gasteiger partial charge in [-0.05, 0) is 72.4 Å². The van der Waals surface area contributed by atoms with E-state index < -0.39 is 0 Å². The van der Waals surface area contributed by atoms with Crippen molar-refractivity contribution in [1.82, 2.24) is 0 Å². The van der Waals surface area contributed by atoms with Gasteiger partial charge >= 0.3 is 0 Å². The highest BCUT2D eigenvalue weighted by molar-refractivity contribution is 6.12. The first-order valence-corrected chi connectivity index (χ1v) is 13.7. The molecule has 0 fully saturated rings. The average Bonchev–Trinajstić information content (AvgIpc) is 3.01. The summed E-state index contributed by atoms with van der Waals surface area (Å²) in [7, 11) is 0. The van der Waals surface area contributed by atoms with Crippen molar-refractivity contribution in [3.63, 3.8) is 0 Å². The normalized spacial score (nSPS) is 10.1. The van der Waals surface area contributed by atoms with Crippen LogP contribution < -0.4 is 0 Å². The maximum absolute atomic E-state index is 2.27. The number of hydrogen-bond acceptors (Lipinski definition) is 0. The molecule has 0 heterocycles. The molecule has 0 spiro atoms. The molecule has 0 saturated heterocycles. The molecule has 7 aromatic carbocycles. The van der Waals surface area contributed by atoms with Crippen LogP contribution in [0.2, 0.25) is 0 Å². The van der Waals surface area contributed by atoms with E-state index in [0.29, 0.717) is 0 Å². The fourth-order valence-corrected chi connectivity index (χ4v) is 4.81. The summed E-state index contributed by atoms with van der Waals surface area (Å²) >= 11 is 0. The van der Waals surface area contributed by atoms with Crippen molar-refractivity contribution in [2.75, 3.05) is 0 Å². The predicted molar refractivity (Wildman–Crippen MR) is 171 cm³/mol. The highest BCUT2D eigenvalue weighted by Crippen LogP contribution is 2.36. The van der Waals surface area contributed by atoms with Gasteiger partial charge in [-0.3, -0.25) is 0 Å². The van der Waals surface area contributed by atoms with Gasteiger partial charge in [0.1, 0.15) is 0 Å². The number of rotatable bonds is 1. The van der Waals surface area contributed by atoms with E-state index in [1.165, 1.54) is 54.2 Å². The molecule has 0 radical (unpaired) electrons. The largest absolute Gasteiger partial charge is 0.0683 e. The van der Waals surface area contributed by atoms with Gasteiger partial charge < -0.3 is 0 Å². The Morgan fingerprint density at radius 3 is 0.974 bits per heavy atom. The van der Waals surface area contributed by atoms with Crippen molar-refractivity contribution in [2.24, 2.45) is 0 Å². The minimum Gasteiger partial charge on any atom is -0.0683 e. The van der Waals surface area contributed by atoms with Gasteiger partial charge in [0.2, 0.25) is 0 Å². The Morgan fingerprint density at radius 1 is 0.289 bits per heavy atom. The predicted octanol–water partition coefficient (Wildman–Crippen LogP) is 11.7. The van der Waals surface area contributed by atoms with Gasteiger partial charge in [-0.2, -0.15) is 0 Å². The molecule has 0 atom stereocenters. The third-order valence-corrected chi connectivity index (χ3v) is 6.45. The maximum atomic E-state index is 2.27. The van der Waals surface area contributed by atoms with E-state index in [4.69, 9.17) is 0 Å². The molecule has 0 aliphatic rings. The summed E-state index contributed by atoms with van der Waals surface area (Å²) in [6.45, 7) is 8.00. The summed E-state index contributed by atoms with van der Waals surface area (Å²) in [5.41, 5.74) is 2.61. The molecule has 0 N–H and O–H groups in total. The summed E-state index contributed by atoms with van der Waals surface area (Å²) in [5.74, 6) is 0. The van der Waals surface area contributed by atoms with Crippen molar-refractivity contribution < 1.29 is 0 Å². The quantitative estimate of drug-likeness (QED) is 0.200. The van der Waals surface area contributed by atoms with E-state index in [9.17, 15) is 0 Å². The molecule has 188 valence electrons. The lowest BCUT2D eigenvalue weighted by Gasteiger charge is -2.11. The van der Waals surface area contributed by atoms with E-state index in [-0.39, 0.29) is 0 Å². The zero-order valence-corrected chi connectivity index (χ0v) is 22.9. The molecule has 7 aromatic rings. The van der Waals surface area contributed by atoms with Crippen LogP contribution in [0.1, 0.15) is 27.7 Å². The van der Waals surface area contributed by atoms with Crippen molar-refractivity contribution in [3.8, 4) is 11.1 Å². The van der Waals surface area contributed by atoms with Crippen LogP contribution in [0.4, 0.5) is 0 Å². The smallest absolute Gasteiger partial charge is 0.00268 e. The van der Waals surface area contributed by atoms with Crippen LogP contribution in [0.15, 0.2) is 146 Å². The molecule has 7 rings (SSSR count). The second-order valence-electron chi connectivity index (χ2n) is 8.61. The zero-order valence-electron chi connectivity index (χ0n) is 22.9. The first-order chi connectivity index (χ1) is 18.9. The molecule has 0 aromatic heterocycles. The van der Waals surface area contributed by atoms with Gasteiger partial charge in [0.05, 0.1) is 0 Å². The second kappa shape index (κ2) is 13.2. The van der Waals surface area contributed by atoms with Crippen molar-refractivity contribution in [1.29, 1.82) is 0 Å². The lowest BCUT2D eigenvalue weighted by atomic mass is 9.92. The molecule has 0 bridgehead atoms.